The molecule has 2 aromatic rings. The summed E-state index contributed by atoms with van der Waals surface area (Å²) in [7, 11) is 1.32. The van der Waals surface area contributed by atoms with E-state index in [2.05, 4.69) is 4.74 Å². The van der Waals surface area contributed by atoms with Crippen LogP contribution >= 0.6 is 0 Å². The van der Waals surface area contributed by atoms with Gasteiger partial charge in [0.15, 0.2) is 0 Å². The van der Waals surface area contributed by atoms with Crippen LogP contribution < -0.4 is 4.74 Å². The number of hydrogen-bond donors (Lipinski definition) is 1. The number of carboxylic acids is 1. The molecule has 0 aliphatic carbocycles. The number of rotatable bonds is 7. The topological polar surface area (TPSA) is 72.8 Å². The Bertz CT molecular complexity index is 749. The zero-order valence-corrected chi connectivity index (χ0v) is 14.6. The maximum absolute atomic E-state index is 11.7. The molecule has 2 aromatic carbocycles. The van der Waals surface area contributed by atoms with E-state index < -0.39 is 17.9 Å². The fourth-order valence-electron chi connectivity index (χ4n) is 2.68. The predicted molar refractivity (Wildman–Crippen MR) is 94.2 cm³/mol. The van der Waals surface area contributed by atoms with Gasteiger partial charge in [-0.25, -0.2) is 4.79 Å². The number of methoxy groups -OCH3 is 1. The summed E-state index contributed by atoms with van der Waals surface area (Å²) in [5.41, 5.74) is 2.92. The summed E-state index contributed by atoms with van der Waals surface area (Å²) < 4.78 is 10.2. The van der Waals surface area contributed by atoms with Crippen molar-refractivity contribution < 1.29 is 24.2 Å². The van der Waals surface area contributed by atoms with Crippen molar-refractivity contribution >= 4 is 11.9 Å². The fourth-order valence-corrected chi connectivity index (χ4v) is 2.68. The maximum Gasteiger partial charge on any atom is 0.337 e. The number of aliphatic carboxylic acids is 1. The molecule has 0 heterocycles. The summed E-state index contributed by atoms with van der Waals surface area (Å²) in [5.74, 6) is -1.21. The quantitative estimate of drug-likeness (QED) is 0.779. The molecule has 0 bridgehead atoms. The summed E-state index contributed by atoms with van der Waals surface area (Å²) >= 11 is 0. The molecule has 0 saturated heterocycles. The molecule has 0 spiro atoms. The minimum Gasteiger partial charge on any atom is -0.494 e. The van der Waals surface area contributed by atoms with Gasteiger partial charge in [0.25, 0.3) is 0 Å². The summed E-state index contributed by atoms with van der Waals surface area (Å²) in [4.78, 5) is 23.2. The van der Waals surface area contributed by atoms with Gasteiger partial charge in [-0.05, 0) is 55.2 Å². The lowest BCUT2D eigenvalue weighted by Crippen LogP contribution is -2.15. The van der Waals surface area contributed by atoms with E-state index in [1.807, 2.05) is 26.0 Å². The Balaban J connectivity index is 2.23. The third kappa shape index (κ3) is 4.59. The number of esters is 1. The predicted octanol–water partition coefficient (Wildman–Crippen LogP) is 3.59. The van der Waals surface area contributed by atoms with Crippen molar-refractivity contribution in [3.8, 4) is 5.75 Å². The van der Waals surface area contributed by atoms with E-state index in [1.54, 1.807) is 30.3 Å². The Labute approximate surface area is 147 Å². The van der Waals surface area contributed by atoms with Gasteiger partial charge >= 0.3 is 11.9 Å². The fraction of sp³-hybridized carbons (Fsp3) is 0.300. The standard InChI is InChI=1S/C20H22O5/c1-4-25-18-10-9-16(11-13(18)2)17(19(21)22)12-14-5-7-15(8-6-14)20(23)24-3/h5-11,17H,4,12H2,1-3H3,(H,21,22). The van der Waals surface area contributed by atoms with E-state index in [0.717, 1.165) is 22.4 Å². The number of aryl methyl sites for hydroxylation is 1. The number of carboxylic acid groups (broad SMARTS) is 1. The zero-order valence-electron chi connectivity index (χ0n) is 14.6. The van der Waals surface area contributed by atoms with Crippen LogP contribution in [0.2, 0.25) is 0 Å². The number of carbonyl (C=O) groups excluding carboxylic acids is 1. The lowest BCUT2D eigenvalue weighted by molar-refractivity contribution is -0.138. The van der Waals surface area contributed by atoms with Crippen LogP contribution in [0.15, 0.2) is 42.5 Å². The molecular formula is C20H22O5. The van der Waals surface area contributed by atoms with Crippen LogP contribution in [0.5, 0.6) is 5.75 Å². The Kier molecular flexibility index (Phi) is 6.17. The molecule has 0 fully saturated rings. The van der Waals surface area contributed by atoms with Gasteiger partial charge in [-0.2, -0.15) is 0 Å². The Morgan fingerprint density at radius 1 is 1.12 bits per heavy atom. The first-order valence-electron chi connectivity index (χ1n) is 8.09. The molecule has 5 heteroatoms. The summed E-state index contributed by atoms with van der Waals surface area (Å²) in [6.45, 7) is 4.37. The zero-order chi connectivity index (χ0) is 18.4. The minimum absolute atomic E-state index is 0.338. The number of benzene rings is 2. The van der Waals surface area contributed by atoms with Crippen LogP contribution in [0.4, 0.5) is 0 Å². The molecular weight excluding hydrogens is 320 g/mol. The van der Waals surface area contributed by atoms with Crippen LogP contribution in [0.25, 0.3) is 0 Å². The number of ether oxygens (including phenoxy) is 2. The largest absolute Gasteiger partial charge is 0.494 e. The highest BCUT2D eigenvalue weighted by atomic mass is 16.5. The van der Waals surface area contributed by atoms with Gasteiger partial charge in [-0.15, -0.1) is 0 Å². The highest BCUT2D eigenvalue weighted by Crippen LogP contribution is 2.27. The van der Waals surface area contributed by atoms with Gasteiger partial charge < -0.3 is 14.6 Å². The van der Waals surface area contributed by atoms with Crippen LogP contribution in [-0.4, -0.2) is 30.8 Å². The third-order valence-electron chi connectivity index (χ3n) is 4.01. The van der Waals surface area contributed by atoms with Gasteiger partial charge in [-0.3, -0.25) is 4.79 Å². The first kappa shape index (κ1) is 18.5. The molecule has 0 aliphatic heterocycles. The van der Waals surface area contributed by atoms with E-state index in [0.29, 0.717) is 18.6 Å². The normalized spacial score (nSPS) is 11.6. The van der Waals surface area contributed by atoms with E-state index in [1.165, 1.54) is 7.11 Å². The lowest BCUT2D eigenvalue weighted by Gasteiger charge is -2.15. The minimum atomic E-state index is -0.888. The van der Waals surface area contributed by atoms with Gasteiger partial charge in [0.05, 0.1) is 25.2 Å². The smallest absolute Gasteiger partial charge is 0.337 e. The van der Waals surface area contributed by atoms with Crippen LogP contribution in [0.1, 0.15) is 39.9 Å². The Morgan fingerprint density at radius 3 is 2.32 bits per heavy atom. The van der Waals surface area contributed by atoms with Gasteiger partial charge in [-0.1, -0.05) is 24.3 Å². The van der Waals surface area contributed by atoms with Crippen LogP contribution in [0.3, 0.4) is 0 Å². The van der Waals surface area contributed by atoms with Crippen molar-refractivity contribution in [2.24, 2.45) is 0 Å². The van der Waals surface area contributed by atoms with Crippen molar-refractivity contribution in [1.82, 2.24) is 0 Å². The lowest BCUT2D eigenvalue weighted by atomic mass is 9.90. The summed E-state index contributed by atoms with van der Waals surface area (Å²) in [6, 6.07) is 12.2. The molecule has 1 atom stereocenters. The highest BCUT2D eigenvalue weighted by Gasteiger charge is 2.21. The monoisotopic (exact) mass is 342 g/mol. The molecule has 0 aliphatic rings. The molecule has 0 amide bonds. The van der Waals surface area contributed by atoms with E-state index in [4.69, 9.17) is 4.74 Å². The molecule has 25 heavy (non-hydrogen) atoms. The molecule has 5 nitrogen and oxygen atoms in total. The first-order chi connectivity index (χ1) is 12.0. The second-order valence-corrected chi connectivity index (χ2v) is 5.74. The number of carbonyl (C=O) groups is 2. The van der Waals surface area contributed by atoms with Crippen molar-refractivity contribution in [3.63, 3.8) is 0 Å². The van der Waals surface area contributed by atoms with Gasteiger partial charge in [0.1, 0.15) is 5.75 Å². The second-order valence-electron chi connectivity index (χ2n) is 5.74. The van der Waals surface area contributed by atoms with Crippen LogP contribution in [0, 0.1) is 6.92 Å². The van der Waals surface area contributed by atoms with Gasteiger partial charge in [0.2, 0.25) is 0 Å². The van der Waals surface area contributed by atoms with E-state index in [9.17, 15) is 14.7 Å². The third-order valence-corrected chi connectivity index (χ3v) is 4.01. The average molecular weight is 342 g/mol. The van der Waals surface area contributed by atoms with Crippen molar-refractivity contribution in [2.45, 2.75) is 26.2 Å². The molecule has 0 aromatic heterocycles. The summed E-state index contributed by atoms with van der Waals surface area (Å²) in [6.07, 6.45) is 0.338. The maximum atomic E-state index is 11.7. The van der Waals surface area contributed by atoms with Crippen LogP contribution in [-0.2, 0) is 16.0 Å². The van der Waals surface area contributed by atoms with Crippen molar-refractivity contribution in [1.29, 1.82) is 0 Å². The van der Waals surface area contributed by atoms with Crippen molar-refractivity contribution in [3.05, 3.63) is 64.7 Å². The Morgan fingerprint density at radius 2 is 1.80 bits per heavy atom. The molecule has 1 N–H and O–H groups in total. The summed E-state index contributed by atoms with van der Waals surface area (Å²) in [5, 5.41) is 9.63. The number of hydrogen-bond acceptors (Lipinski definition) is 4. The molecule has 0 radical (unpaired) electrons. The molecule has 0 saturated carbocycles. The van der Waals surface area contributed by atoms with Crippen molar-refractivity contribution in [2.75, 3.05) is 13.7 Å². The van der Waals surface area contributed by atoms with E-state index in [-0.39, 0.29) is 0 Å². The molecule has 1 unspecified atom stereocenters. The Hall–Kier alpha value is -2.82. The SMILES string of the molecule is CCOc1ccc(C(Cc2ccc(C(=O)OC)cc2)C(=O)O)cc1C. The average Bonchev–Trinajstić information content (AvgIpc) is 2.61. The first-order valence-corrected chi connectivity index (χ1v) is 8.09. The van der Waals surface area contributed by atoms with Gasteiger partial charge in [0, 0.05) is 0 Å². The highest BCUT2D eigenvalue weighted by molar-refractivity contribution is 5.89. The molecule has 2 rings (SSSR count). The second kappa shape index (κ2) is 8.33. The van der Waals surface area contributed by atoms with E-state index >= 15 is 0 Å². The molecule has 132 valence electrons.